The molecule has 0 aliphatic carbocycles. The second-order valence-corrected chi connectivity index (χ2v) is 3.67. The molecule has 0 amide bonds. The zero-order chi connectivity index (χ0) is 16.6. The first-order valence-corrected chi connectivity index (χ1v) is 5.40. The minimum atomic E-state index is -2.36. The Kier molecular flexibility index (Phi) is 10.5. The van der Waals surface area contributed by atoms with Gasteiger partial charge in [-0.25, -0.2) is 14.4 Å². The summed E-state index contributed by atoms with van der Waals surface area (Å²) < 4.78 is 4.37. The maximum atomic E-state index is 10.1. The van der Waals surface area contributed by atoms with Crippen LogP contribution in [-0.4, -0.2) is 67.0 Å². The molecule has 0 aromatic carbocycles. The first-order chi connectivity index (χ1) is 9.68. The number of hydrogen-bond acceptors (Lipinski definition) is 8. The van der Waals surface area contributed by atoms with Crippen LogP contribution in [0, 0.1) is 0 Å². The van der Waals surface area contributed by atoms with E-state index in [2.05, 4.69) is 4.42 Å². The van der Waals surface area contributed by atoms with E-state index < -0.39 is 36.4 Å². The molecule has 0 saturated carbocycles. The van der Waals surface area contributed by atoms with Gasteiger partial charge in [0.05, 0.1) is 6.26 Å². The number of carbonyl (C=O) groups is 2. The second kappa shape index (κ2) is 10.5. The van der Waals surface area contributed by atoms with Gasteiger partial charge >= 0.3 is 17.6 Å². The van der Waals surface area contributed by atoms with Gasteiger partial charge in [-0.1, -0.05) is 13.5 Å². The maximum absolute atomic E-state index is 10.1. The number of aliphatic carboxylic acids is 2. The van der Waals surface area contributed by atoms with E-state index in [4.69, 9.17) is 30.6 Å². The molecule has 10 heteroatoms. The van der Waals surface area contributed by atoms with Crippen LogP contribution in [0.2, 0.25) is 0 Å². The number of hydrogen-bond donors (Lipinski definition) is 6. The molecule has 0 aliphatic rings. The summed E-state index contributed by atoms with van der Waals surface area (Å²) in [5.74, 6) is -3.68. The van der Waals surface area contributed by atoms with Crippen molar-refractivity contribution < 1.29 is 44.6 Å². The van der Waals surface area contributed by atoms with Gasteiger partial charge in [0.15, 0.2) is 12.2 Å². The number of aliphatic hydroxyl groups is 4. The fourth-order valence-corrected chi connectivity index (χ4v) is 0.991. The van der Waals surface area contributed by atoms with E-state index in [0.717, 1.165) is 0 Å². The Bertz CT molecular complexity index is 469. The standard InChI is InChI=1S/C6H10O8.C5H4O2.CH4/c7-1(3(9)5(11)12)2(8)4(10)6(13)14;6-5-3-1-2-4-7-5;/h1-4,7-10H,(H,11,12)(H,13,14);1-4H;1H4/t1-,2-,3-,4+;;/m0../s1. The predicted octanol–water partition coefficient (Wildman–Crippen LogP) is -2.12. The Morgan fingerprint density at radius 1 is 0.909 bits per heavy atom. The molecule has 1 heterocycles. The summed E-state index contributed by atoms with van der Waals surface area (Å²) in [7, 11) is 0. The highest BCUT2D eigenvalue weighted by molar-refractivity contribution is 5.75. The molecule has 0 aliphatic heterocycles. The van der Waals surface area contributed by atoms with Crippen LogP contribution in [0.3, 0.4) is 0 Å². The minimum absolute atomic E-state index is 0. The maximum Gasteiger partial charge on any atom is 0.335 e. The third-order valence-corrected chi connectivity index (χ3v) is 2.11. The van der Waals surface area contributed by atoms with Crippen LogP contribution in [0.1, 0.15) is 7.43 Å². The highest BCUT2D eigenvalue weighted by Gasteiger charge is 2.37. The van der Waals surface area contributed by atoms with Crippen LogP contribution in [-0.2, 0) is 9.59 Å². The van der Waals surface area contributed by atoms with Crippen LogP contribution in [0.4, 0.5) is 0 Å². The summed E-state index contributed by atoms with van der Waals surface area (Å²) in [5, 5.41) is 51.5. The monoisotopic (exact) mass is 322 g/mol. The van der Waals surface area contributed by atoms with E-state index in [1.807, 2.05) is 0 Å². The summed E-state index contributed by atoms with van der Waals surface area (Å²) in [6, 6.07) is 4.65. The first-order valence-electron chi connectivity index (χ1n) is 5.40. The van der Waals surface area contributed by atoms with E-state index in [9.17, 15) is 14.4 Å². The number of rotatable bonds is 5. The zero-order valence-electron chi connectivity index (χ0n) is 10.4. The lowest BCUT2D eigenvalue weighted by molar-refractivity contribution is -0.172. The third-order valence-electron chi connectivity index (χ3n) is 2.11. The first kappa shape index (κ1) is 22.0. The largest absolute Gasteiger partial charge is 0.479 e. The molecule has 0 bridgehead atoms. The predicted molar refractivity (Wildman–Crippen MR) is 71.0 cm³/mol. The van der Waals surface area contributed by atoms with Crippen molar-refractivity contribution in [2.45, 2.75) is 31.8 Å². The molecule has 4 atom stereocenters. The Morgan fingerprint density at radius 3 is 1.50 bits per heavy atom. The average Bonchev–Trinajstić information content (AvgIpc) is 2.45. The smallest absolute Gasteiger partial charge is 0.335 e. The third kappa shape index (κ3) is 7.50. The SMILES string of the molecule is C.O=C(O)[C@@H](O)[C@@H](O)[C@H](O)[C@@H](O)C(=O)O.O=c1cccco1. The van der Waals surface area contributed by atoms with Crippen molar-refractivity contribution in [3.05, 3.63) is 34.9 Å². The lowest BCUT2D eigenvalue weighted by Crippen LogP contribution is -2.49. The number of aliphatic hydroxyl groups excluding tert-OH is 4. The lowest BCUT2D eigenvalue weighted by Gasteiger charge is -2.21. The summed E-state index contributed by atoms with van der Waals surface area (Å²) in [5.41, 5.74) is -0.303. The molecular formula is C12H18O10. The zero-order valence-corrected chi connectivity index (χ0v) is 10.4. The molecular weight excluding hydrogens is 304 g/mol. The summed E-state index contributed by atoms with van der Waals surface area (Å²) in [6.07, 6.45) is -7.93. The lowest BCUT2D eigenvalue weighted by atomic mass is 10.0. The van der Waals surface area contributed by atoms with Gasteiger partial charge < -0.3 is 35.1 Å². The van der Waals surface area contributed by atoms with Crippen molar-refractivity contribution in [3.63, 3.8) is 0 Å². The van der Waals surface area contributed by atoms with Crippen LogP contribution < -0.4 is 5.63 Å². The van der Waals surface area contributed by atoms with Crippen LogP contribution in [0.25, 0.3) is 0 Å². The number of carboxylic acid groups (broad SMARTS) is 2. The summed E-state index contributed by atoms with van der Waals surface area (Å²) in [6.45, 7) is 0. The van der Waals surface area contributed by atoms with Crippen molar-refractivity contribution in [2.24, 2.45) is 0 Å². The molecule has 10 nitrogen and oxygen atoms in total. The fourth-order valence-electron chi connectivity index (χ4n) is 0.991. The fraction of sp³-hybridized carbons (Fsp3) is 0.417. The summed E-state index contributed by atoms with van der Waals surface area (Å²) >= 11 is 0. The van der Waals surface area contributed by atoms with Gasteiger partial charge in [0.2, 0.25) is 0 Å². The topological polar surface area (TPSA) is 186 Å². The number of carboxylic acids is 2. The molecule has 0 saturated heterocycles. The Labute approximate surface area is 124 Å². The van der Waals surface area contributed by atoms with Gasteiger partial charge in [-0.05, 0) is 6.07 Å². The normalized spacial score (nSPS) is 15.1. The molecule has 6 N–H and O–H groups in total. The highest BCUT2D eigenvalue weighted by atomic mass is 16.4. The van der Waals surface area contributed by atoms with E-state index in [0.29, 0.717) is 0 Å². The molecule has 0 spiro atoms. The molecule has 126 valence electrons. The second-order valence-electron chi connectivity index (χ2n) is 3.67. The molecule has 1 aromatic rings. The van der Waals surface area contributed by atoms with Gasteiger partial charge in [-0.15, -0.1) is 0 Å². The van der Waals surface area contributed by atoms with Gasteiger partial charge in [0.1, 0.15) is 12.2 Å². The van der Waals surface area contributed by atoms with E-state index in [-0.39, 0.29) is 13.1 Å². The molecule has 22 heavy (non-hydrogen) atoms. The molecule has 0 fully saturated rings. The molecule has 1 aromatic heterocycles. The van der Waals surface area contributed by atoms with Crippen molar-refractivity contribution in [1.29, 1.82) is 0 Å². The minimum Gasteiger partial charge on any atom is -0.479 e. The molecule has 0 radical (unpaired) electrons. The van der Waals surface area contributed by atoms with Gasteiger partial charge in [-0.2, -0.15) is 0 Å². The summed E-state index contributed by atoms with van der Waals surface area (Å²) in [4.78, 5) is 30.3. The van der Waals surface area contributed by atoms with E-state index in [1.54, 1.807) is 12.1 Å². The van der Waals surface area contributed by atoms with Crippen molar-refractivity contribution in [2.75, 3.05) is 0 Å². The van der Waals surface area contributed by atoms with E-state index >= 15 is 0 Å². The Morgan fingerprint density at radius 2 is 1.32 bits per heavy atom. The van der Waals surface area contributed by atoms with Gasteiger partial charge in [0.25, 0.3) is 0 Å². The Hall–Kier alpha value is -2.27. The van der Waals surface area contributed by atoms with Gasteiger partial charge in [0, 0.05) is 6.07 Å². The van der Waals surface area contributed by atoms with Crippen molar-refractivity contribution in [3.8, 4) is 0 Å². The van der Waals surface area contributed by atoms with Gasteiger partial charge in [-0.3, -0.25) is 0 Å². The molecule has 1 rings (SSSR count). The van der Waals surface area contributed by atoms with Crippen molar-refractivity contribution in [1.82, 2.24) is 0 Å². The van der Waals surface area contributed by atoms with Crippen molar-refractivity contribution >= 4 is 11.9 Å². The molecule has 0 unspecified atom stereocenters. The average molecular weight is 322 g/mol. The van der Waals surface area contributed by atoms with E-state index in [1.165, 1.54) is 12.3 Å². The van der Waals surface area contributed by atoms with Crippen LogP contribution in [0.5, 0.6) is 0 Å². The van der Waals surface area contributed by atoms with Crippen LogP contribution in [0.15, 0.2) is 33.7 Å². The van der Waals surface area contributed by atoms with Crippen LogP contribution >= 0.6 is 0 Å². The highest BCUT2D eigenvalue weighted by Crippen LogP contribution is 2.05. The quantitative estimate of drug-likeness (QED) is 0.350. The Balaban J connectivity index is 0.